The molecule has 3 nitrogen and oxygen atoms in total. The minimum atomic E-state index is 0.350. The van der Waals surface area contributed by atoms with Crippen molar-refractivity contribution in [1.82, 2.24) is 9.80 Å². The lowest BCUT2D eigenvalue weighted by atomic mass is 9.81. The van der Waals surface area contributed by atoms with Crippen LogP contribution >= 0.6 is 0 Å². The third-order valence-electron chi connectivity index (χ3n) is 4.94. The number of hydrogen-bond donors (Lipinski definition) is 1. The molecule has 0 aromatic carbocycles. The van der Waals surface area contributed by atoms with Crippen molar-refractivity contribution in [1.29, 1.82) is 0 Å². The van der Waals surface area contributed by atoms with E-state index in [1.54, 1.807) is 0 Å². The standard InChI is InChI=1S/C19H40N2O/c1-5-20-12-14-21(15-13-20)11-8-6-7-9-18(10-16-22)17-19(2,3)4/h18,22H,5-17H2,1-4H3/t18-/m1/s1. The number of piperazine rings is 1. The van der Waals surface area contributed by atoms with Gasteiger partial charge in [-0.2, -0.15) is 0 Å². The highest BCUT2D eigenvalue weighted by Crippen LogP contribution is 2.29. The second kappa shape index (κ2) is 10.6. The number of aliphatic hydroxyl groups is 1. The molecule has 1 N–H and O–H groups in total. The molecule has 1 fully saturated rings. The Kier molecular flexibility index (Phi) is 9.62. The quantitative estimate of drug-likeness (QED) is 0.624. The van der Waals surface area contributed by atoms with Crippen LogP contribution in [-0.4, -0.2) is 60.8 Å². The van der Waals surface area contributed by atoms with Crippen molar-refractivity contribution in [3.05, 3.63) is 0 Å². The van der Waals surface area contributed by atoms with Gasteiger partial charge in [-0.15, -0.1) is 0 Å². The number of aliphatic hydroxyl groups excluding tert-OH is 1. The molecular formula is C19H40N2O. The molecule has 22 heavy (non-hydrogen) atoms. The third kappa shape index (κ3) is 9.12. The van der Waals surface area contributed by atoms with E-state index in [1.807, 2.05) is 0 Å². The van der Waals surface area contributed by atoms with Crippen molar-refractivity contribution in [3.63, 3.8) is 0 Å². The number of likely N-dealkylation sites (N-methyl/N-ethyl adjacent to an activating group) is 1. The van der Waals surface area contributed by atoms with Gasteiger partial charge >= 0.3 is 0 Å². The van der Waals surface area contributed by atoms with Gasteiger partial charge in [0.15, 0.2) is 0 Å². The Labute approximate surface area is 139 Å². The average Bonchev–Trinajstić information content (AvgIpc) is 2.46. The van der Waals surface area contributed by atoms with E-state index in [1.165, 1.54) is 71.4 Å². The molecule has 1 heterocycles. The summed E-state index contributed by atoms with van der Waals surface area (Å²) in [4.78, 5) is 5.18. The molecule has 1 aliphatic heterocycles. The molecule has 0 radical (unpaired) electrons. The zero-order valence-electron chi connectivity index (χ0n) is 15.6. The molecule has 0 unspecified atom stereocenters. The maximum atomic E-state index is 9.24. The first kappa shape index (κ1) is 19.9. The summed E-state index contributed by atoms with van der Waals surface area (Å²) in [6, 6.07) is 0. The van der Waals surface area contributed by atoms with E-state index in [0.717, 1.165) is 6.42 Å². The maximum absolute atomic E-state index is 9.24. The number of rotatable bonds is 10. The maximum Gasteiger partial charge on any atom is 0.0433 e. The minimum absolute atomic E-state index is 0.350. The molecule has 0 aliphatic carbocycles. The molecule has 0 aromatic rings. The highest BCUT2D eigenvalue weighted by molar-refractivity contribution is 4.72. The molecule has 1 rings (SSSR count). The normalized spacial score (nSPS) is 19.5. The fourth-order valence-corrected chi connectivity index (χ4v) is 3.67. The number of unbranched alkanes of at least 4 members (excludes halogenated alkanes) is 2. The summed E-state index contributed by atoms with van der Waals surface area (Å²) in [6.45, 7) is 17.0. The van der Waals surface area contributed by atoms with Crippen LogP contribution in [0.1, 0.15) is 66.2 Å². The van der Waals surface area contributed by atoms with Crippen LogP contribution < -0.4 is 0 Å². The van der Waals surface area contributed by atoms with Crippen molar-refractivity contribution in [3.8, 4) is 0 Å². The predicted octanol–water partition coefficient (Wildman–Crippen LogP) is 3.62. The predicted molar refractivity (Wildman–Crippen MR) is 96.3 cm³/mol. The van der Waals surface area contributed by atoms with E-state index in [9.17, 15) is 5.11 Å². The summed E-state index contributed by atoms with van der Waals surface area (Å²) in [5.41, 5.74) is 0.388. The summed E-state index contributed by atoms with van der Waals surface area (Å²) >= 11 is 0. The fraction of sp³-hybridized carbons (Fsp3) is 1.00. The van der Waals surface area contributed by atoms with Crippen LogP contribution in [0.15, 0.2) is 0 Å². The second-order valence-electron chi connectivity index (χ2n) is 8.27. The van der Waals surface area contributed by atoms with Gasteiger partial charge < -0.3 is 14.9 Å². The monoisotopic (exact) mass is 312 g/mol. The summed E-state index contributed by atoms with van der Waals surface area (Å²) in [6.07, 6.45) is 7.54. The van der Waals surface area contributed by atoms with Crippen molar-refractivity contribution < 1.29 is 5.11 Å². The largest absolute Gasteiger partial charge is 0.396 e. The van der Waals surface area contributed by atoms with Gasteiger partial charge in [-0.05, 0) is 43.7 Å². The zero-order chi connectivity index (χ0) is 16.4. The van der Waals surface area contributed by atoms with Crippen LogP contribution in [0.5, 0.6) is 0 Å². The van der Waals surface area contributed by atoms with Crippen molar-refractivity contribution in [2.24, 2.45) is 11.3 Å². The van der Waals surface area contributed by atoms with E-state index >= 15 is 0 Å². The van der Waals surface area contributed by atoms with Crippen LogP contribution in [0, 0.1) is 11.3 Å². The van der Waals surface area contributed by atoms with E-state index < -0.39 is 0 Å². The first-order valence-electron chi connectivity index (χ1n) is 9.50. The Bertz CT molecular complexity index is 267. The van der Waals surface area contributed by atoms with Crippen LogP contribution in [0.3, 0.4) is 0 Å². The lowest BCUT2D eigenvalue weighted by Crippen LogP contribution is -2.46. The van der Waals surface area contributed by atoms with Crippen molar-refractivity contribution in [2.45, 2.75) is 66.2 Å². The lowest BCUT2D eigenvalue weighted by Gasteiger charge is -2.34. The second-order valence-corrected chi connectivity index (χ2v) is 8.27. The van der Waals surface area contributed by atoms with Crippen LogP contribution in [0.4, 0.5) is 0 Å². The summed E-state index contributed by atoms with van der Waals surface area (Å²) in [7, 11) is 0. The van der Waals surface area contributed by atoms with Gasteiger partial charge in [0, 0.05) is 32.8 Å². The summed E-state index contributed by atoms with van der Waals surface area (Å²) in [5.74, 6) is 0.707. The van der Waals surface area contributed by atoms with Gasteiger partial charge in [-0.25, -0.2) is 0 Å². The smallest absolute Gasteiger partial charge is 0.0433 e. The molecule has 1 aliphatic rings. The SMILES string of the molecule is CCN1CCN(CCCCC[C@H](CCO)CC(C)(C)C)CC1. The summed E-state index contributed by atoms with van der Waals surface area (Å²) < 4.78 is 0. The molecule has 0 spiro atoms. The molecule has 3 heteroatoms. The molecular weight excluding hydrogens is 272 g/mol. The molecule has 132 valence electrons. The zero-order valence-corrected chi connectivity index (χ0v) is 15.6. The van der Waals surface area contributed by atoms with Crippen molar-refractivity contribution >= 4 is 0 Å². The van der Waals surface area contributed by atoms with E-state index in [-0.39, 0.29) is 0 Å². The van der Waals surface area contributed by atoms with Gasteiger partial charge in [-0.3, -0.25) is 0 Å². The molecule has 0 aromatic heterocycles. The Morgan fingerprint density at radius 3 is 2.09 bits per heavy atom. The van der Waals surface area contributed by atoms with Crippen LogP contribution in [0.25, 0.3) is 0 Å². The van der Waals surface area contributed by atoms with E-state index in [0.29, 0.717) is 17.9 Å². The van der Waals surface area contributed by atoms with E-state index in [4.69, 9.17) is 0 Å². The van der Waals surface area contributed by atoms with E-state index in [2.05, 4.69) is 37.5 Å². The number of hydrogen-bond acceptors (Lipinski definition) is 3. The molecule has 1 saturated heterocycles. The summed E-state index contributed by atoms with van der Waals surface area (Å²) in [5, 5.41) is 9.24. The van der Waals surface area contributed by atoms with Gasteiger partial charge in [0.25, 0.3) is 0 Å². The topological polar surface area (TPSA) is 26.7 Å². The first-order valence-corrected chi connectivity index (χ1v) is 9.50. The molecule has 0 saturated carbocycles. The van der Waals surface area contributed by atoms with Gasteiger partial charge in [0.1, 0.15) is 0 Å². The fourth-order valence-electron chi connectivity index (χ4n) is 3.67. The minimum Gasteiger partial charge on any atom is -0.396 e. The Balaban J connectivity index is 2.08. The third-order valence-corrected chi connectivity index (χ3v) is 4.94. The van der Waals surface area contributed by atoms with Gasteiger partial charge in [-0.1, -0.05) is 47.0 Å². The Morgan fingerprint density at radius 1 is 0.909 bits per heavy atom. The van der Waals surface area contributed by atoms with Crippen LogP contribution in [0.2, 0.25) is 0 Å². The Hall–Kier alpha value is -0.120. The van der Waals surface area contributed by atoms with Gasteiger partial charge in [0.2, 0.25) is 0 Å². The molecule has 0 amide bonds. The van der Waals surface area contributed by atoms with Crippen molar-refractivity contribution in [2.75, 3.05) is 45.9 Å². The lowest BCUT2D eigenvalue weighted by molar-refractivity contribution is 0.135. The number of nitrogens with zero attached hydrogens (tertiary/aromatic N) is 2. The first-order chi connectivity index (χ1) is 10.4. The van der Waals surface area contributed by atoms with Gasteiger partial charge in [0.05, 0.1) is 0 Å². The highest BCUT2D eigenvalue weighted by atomic mass is 16.3. The highest BCUT2D eigenvalue weighted by Gasteiger charge is 2.18. The average molecular weight is 313 g/mol. The molecule has 1 atom stereocenters. The Morgan fingerprint density at radius 2 is 1.55 bits per heavy atom. The molecule has 0 bridgehead atoms. The van der Waals surface area contributed by atoms with Crippen LogP contribution in [-0.2, 0) is 0 Å².